The van der Waals surface area contributed by atoms with Crippen LogP contribution in [-0.4, -0.2) is 9.13 Å². The Kier molecular flexibility index (Phi) is 4.55. The molecule has 0 fully saturated rings. The van der Waals surface area contributed by atoms with Crippen LogP contribution in [0.2, 0.25) is 0 Å². The van der Waals surface area contributed by atoms with Crippen LogP contribution < -0.4 is 4.57 Å². The maximum atomic E-state index is 2.48. The van der Waals surface area contributed by atoms with E-state index in [-0.39, 0.29) is 0 Å². The molecule has 0 radical (unpaired) electrons. The molecule has 0 saturated heterocycles. The summed E-state index contributed by atoms with van der Waals surface area (Å²) in [7, 11) is 0. The normalized spacial score (nSPS) is 12.7. The molecule has 1 aliphatic rings. The Morgan fingerprint density at radius 2 is 1.39 bits per heavy atom. The molecule has 3 heterocycles. The molecule has 0 spiro atoms. The fourth-order valence-electron chi connectivity index (χ4n) is 5.46. The zero-order chi connectivity index (χ0) is 22.7. The molecule has 5 aromatic rings. The molecule has 0 aliphatic carbocycles. The smallest absolute Gasteiger partial charge is 0.309 e. The van der Waals surface area contributed by atoms with Crippen LogP contribution in [0.5, 0.6) is 0 Å². The Morgan fingerprint density at radius 1 is 0.727 bits per heavy atom. The number of hydrogen-bond donors (Lipinski definition) is 0. The highest BCUT2D eigenvalue weighted by Gasteiger charge is 2.38. The number of fused-ring (bicyclic) bond motifs is 5. The van der Waals surface area contributed by atoms with Gasteiger partial charge in [-0.1, -0.05) is 76.2 Å². The first-order chi connectivity index (χ1) is 16.1. The van der Waals surface area contributed by atoms with Crippen LogP contribution in [0.4, 0.5) is 0 Å². The Morgan fingerprint density at radius 3 is 2.09 bits per heavy atom. The minimum Gasteiger partial charge on any atom is -0.309 e. The number of hydrogen-bond acceptors (Lipinski definition) is 0. The van der Waals surface area contributed by atoms with Crippen molar-refractivity contribution >= 4 is 11.0 Å². The van der Waals surface area contributed by atoms with Gasteiger partial charge in [0.1, 0.15) is 17.9 Å². The number of aromatic nitrogens is 3. The third-order valence-corrected chi connectivity index (χ3v) is 6.99. The van der Waals surface area contributed by atoms with Gasteiger partial charge in [-0.05, 0) is 53.3 Å². The zero-order valence-electron chi connectivity index (χ0n) is 19.8. The van der Waals surface area contributed by atoms with E-state index in [0.29, 0.717) is 11.8 Å². The second-order valence-electron chi connectivity index (χ2n) is 9.72. The van der Waals surface area contributed by atoms with E-state index >= 15 is 0 Å². The van der Waals surface area contributed by atoms with Crippen molar-refractivity contribution in [2.75, 3.05) is 0 Å². The topological polar surface area (TPSA) is 13.7 Å². The SMILES string of the molecule is CC(C)c1cccc(C(C)C)c1-n1ccc2c1-c1n(-c3ccccc3)c3ccccc3[n+]1C2. The van der Waals surface area contributed by atoms with Crippen molar-refractivity contribution in [3.05, 3.63) is 102 Å². The predicted octanol–water partition coefficient (Wildman–Crippen LogP) is 6.98. The number of nitrogens with zero attached hydrogens (tertiary/aromatic N) is 3. The van der Waals surface area contributed by atoms with Crippen molar-refractivity contribution < 1.29 is 4.57 Å². The molecule has 3 aromatic carbocycles. The average Bonchev–Trinajstić information content (AvgIpc) is 3.48. The standard InChI is InChI=1S/C30H30N3/c1-20(2)24-13-10-14-25(21(3)4)29(24)31-18-17-22-19-32-26-15-8-9-16-27(26)33(30(32)28(22)31)23-11-6-5-7-12-23/h5-18,20-21H,19H2,1-4H3/q+1. The number of rotatable bonds is 4. The second-order valence-corrected chi connectivity index (χ2v) is 9.72. The third kappa shape index (κ3) is 2.92. The van der Waals surface area contributed by atoms with Crippen molar-refractivity contribution in [2.24, 2.45) is 0 Å². The first-order valence-electron chi connectivity index (χ1n) is 12.0. The van der Waals surface area contributed by atoms with Gasteiger partial charge < -0.3 is 4.57 Å². The molecule has 3 heteroatoms. The third-order valence-electron chi connectivity index (χ3n) is 6.99. The highest BCUT2D eigenvalue weighted by Crippen LogP contribution is 2.39. The molecule has 0 amide bonds. The highest BCUT2D eigenvalue weighted by molar-refractivity contribution is 5.80. The molecule has 0 atom stereocenters. The number of imidazole rings is 1. The van der Waals surface area contributed by atoms with Gasteiger partial charge in [0, 0.05) is 11.8 Å². The minimum absolute atomic E-state index is 0.449. The minimum atomic E-state index is 0.449. The lowest BCUT2D eigenvalue weighted by Gasteiger charge is -2.21. The van der Waals surface area contributed by atoms with Crippen molar-refractivity contribution in [1.82, 2.24) is 9.13 Å². The van der Waals surface area contributed by atoms with E-state index in [9.17, 15) is 0 Å². The molecule has 6 rings (SSSR count). The molecule has 0 saturated carbocycles. The lowest BCUT2D eigenvalue weighted by atomic mass is 9.92. The highest BCUT2D eigenvalue weighted by atomic mass is 15.2. The molecule has 33 heavy (non-hydrogen) atoms. The summed E-state index contributed by atoms with van der Waals surface area (Å²) in [6, 6.07) is 28.7. The molecule has 0 N–H and O–H groups in total. The first kappa shape index (κ1) is 20.0. The summed E-state index contributed by atoms with van der Waals surface area (Å²) in [5.74, 6) is 2.16. The monoisotopic (exact) mass is 432 g/mol. The maximum absolute atomic E-state index is 2.48. The molecular formula is C30H30N3+. The van der Waals surface area contributed by atoms with Crippen LogP contribution in [0.25, 0.3) is 33.9 Å². The van der Waals surface area contributed by atoms with E-state index in [1.165, 1.54) is 50.6 Å². The van der Waals surface area contributed by atoms with Crippen molar-refractivity contribution in [1.29, 1.82) is 0 Å². The van der Waals surface area contributed by atoms with Crippen molar-refractivity contribution in [3.63, 3.8) is 0 Å². The van der Waals surface area contributed by atoms with E-state index in [1.807, 2.05) is 0 Å². The Labute approximate surface area is 195 Å². The van der Waals surface area contributed by atoms with Gasteiger partial charge in [-0.3, -0.25) is 0 Å². The van der Waals surface area contributed by atoms with Gasteiger partial charge in [-0.15, -0.1) is 0 Å². The van der Waals surface area contributed by atoms with Crippen molar-refractivity contribution in [2.45, 2.75) is 46.1 Å². The summed E-state index contributed by atoms with van der Waals surface area (Å²) in [5, 5.41) is 0. The quantitative estimate of drug-likeness (QED) is 0.267. The number of para-hydroxylation sites is 4. The van der Waals surface area contributed by atoms with Crippen LogP contribution in [-0.2, 0) is 6.54 Å². The van der Waals surface area contributed by atoms with Crippen LogP contribution >= 0.6 is 0 Å². The molecule has 2 aromatic heterocycles. The van der Waals surface area contributed by atoms with Gasteiger partial charge >= 0.3 is 5.82 Å². The summed E-state index contributed by atoms with van der Waals surface area (Å²) in [4.78, 5) is 0. The summed E-state index contributed by atoms with van der Waals surface area (Å²) in [5.41, 5.74) is 10.6. The van der Waals surface area contributed by atoms with E-state index in [0.717, 1.165) is 6.54 Å². The Hall–Kier alpha value is -3.59. The van der Waals surface area contributed by atoms with Gasteiger partial charge in [-0.2, -0.15) is 4.57 Å². The summed E-state index contributed by atoms with van der Waals surface area (Å²) in [6.45, 7) is 10.1. The molecule has 1 aliphatic heterocycles. The van der Waals surface area contributed by atoms with Crippen LogP contribution in [0.15, 0.2) is 85.1 Å². The van der Waals surface area contributed by atoms with Gasteiger partial charge in [0.15, 0.2) is 11.0 Å². The first-order valence-corrected chi connectivity index (χ1v) is 12.0. The van der Waals surface area contributed by atoms with E-state index in [4.69, 9.17) is 0 Å². The molecule has 164 valence electrons. The Balaban J connectivity index is 1.71. The molecular weight excluding hydrogens is 402 g/mol. The van der Waals surface area contributed by atoms with Gasteiger partial charge in [0.05, 0.1) is 5.69 Å². The van der Waals surface area contributed by atoms with Crippen LogP contribution in [0, 0.1) is 0 Å². The van der Waals surface area contributed by atoms with Gasteiger partial charge in [-0.25, -0.2) is 4.57 Å². The fraction of sp³-hybridized carbons (Fsp3) is 0.233. The summed E-state index contributed by atoms with van der Waals surface area (Å²) < 4.78 is 7.39. The van der Waals surface area contributed by atoms with E-state index < -0.39 is 0 Å². The average molecular weight is 433 g/mol. The lowest BCUT2D eigenvalue weighted by Crippen LogP contribution is -2.31. The maximum Gasteiger partial charge on any atom is 0.313 e. The van der Waals surface area contributed by atoms with E-state index in [1.54, 1.807) is 0 Å². The van der Waals surface area contributed by atoms with E-state index in [2.05, 4.69) is 126 Å². The predicted molar refractivity (Wildman–Crippen MR) is 136 cm³/mol. The number of benzene rings is 3. The largest absolute Gasteiger partial charge is 0.313 e. The molecule has 3 nitrogen and oxygen atoms in total. The van der Waals surface area contributed by atoms with Gasteiger partial charge in [0.2, 0.25) is 0 Å². The lowest BCUT2D eigenvalue weighted by molar-refractivity contribution is -0.646. The summed E-state index contributed by atoms with van der Waals surface area (Å²) in [6.07, 6.45) is 2.29. The van der Waals surface area contributed by atoms with Crippen LogP contribution in [0.3, 0.4) is 0 Å². The summed E-state index contributed by atoms with van der Waals surface area (Å²) >= 11 is 0. The van der Waals surface area contributed by atoms with Crippen LogP contribution in [0.1, 0.15) is 56.2 Å². The van der Waals surface area contributed by atoms with Gasteiger partial charge in [0.25, 0.3) is 0 Å². The second kappa shape index (κ2) is 7.48. The Bertz CT molecular complexity index is 1460. The van der Waals surface area contributed by atoms with Crippen molar-refractivity contribution in [3.8, 4) is 22.9 Å². The zero-order valence-corrected chi connectivity index (χ0v) is 19.8. The molecule has 0 bridgehead atoms. The fourth-order valence-corrected chi connectivity index (χ4v) is 5.46. The molecule has 0 unspecified atom stereocenters.